The van der Waals surface area contributed by atoms with Crippen LogP contribution >= 0.6 is 0 Å². The summed E-state index contributed by atoms with van der Waals surface area (Å²) in [6, 6.07) is 57.0. The molecular weight excluding hydrogens is 956 g/mol. The fourth-order valence-corrected chi connectivity index (χ4v) is 7.57. The number of hydrogen-bond donors (Lipinski definition) is 2. The van der Waals surface area contributed by atoms with Crippen LogP contribution in [-0.4, -0.2) is 20.2 Å². The first-order chi connectivity index (χ1) is 28.8. The second-order valence-corrected chi connectivity index (χ2v) is 17.3. The first-order valence-corrected chi connectivity index (χ1v) is 20.5. The molecule has 0 saturated heterocycles. The molecule has 0 saturated carbocycles. The van der Waals surface area contributed by atoms with Gasteiger partial charge in [-0.1, -0.05) is 135 Å². The summed E-state index contributed by atoms with van der Waals surface area (Å²) in [6.07, 6.45) is 2.20. The molecule has 9 rings (SSSR count). The van der Waals surface area contributed by atoms with Gasteiger partial charge in [0, 0.05) is 61.3 Å². The number of phenols is 2. The molecule has 7 heteroatoms. The van der Waals surface area contributed by atoms with Gasteiger partial charge in [0.05, 0.1) is 34.0 Å². The van der Waals surface area contributed by atoms with Gasteiger partial charge >= 0.3 is 0 Å². The Bertz CT molecular complexity index is 2650. The van der Waals surface area contributed by atoms with E-state index in [9.17, 15) is 10.2 Å². The van der Waals surface area contributed by atoms with Crippen LogP contribution in [0.4, 0.5) is 17.1 Å². The van der Waals surface area contributed by atoms with Crippen molar-refractivity contribution in [3.8, 4) is 56.7 Å². The van der Waals surface area contributed by atoms with E-state index in [2.05, 4.69) is 166 Å². The Balaban J connectivity index is 0.000000233. The largest absolute Gasteiger partial charge is 0.507 e. The van der Waals surface area contributed by atoms with Gasteiger partial charge < -0.3 is 15.1 Å². The third kappa shape index (κ3) is 10.5. The summed E-state index contributed by atoms with van der Waals surface area (Å²) < 4.78 is 2.32. The Kier molecular flexibility index (Phi) is 15.0. The van der Waals surface area contributed by atoms with E-state index in [4.69, 9.17) is 9.97 Å². The minimum atomic E-state index is -0.126. The van der Waals surface area contributed by atoms with Crippen molar-refractivity contribution in [3.05, 3.63) is 193 Å². The summed E-state index contributed by atoms with van der Waals surface area (Å²) in [5.74, 6) is 0.386. The molecular formula is C56H59N4O2Pt+. The van der Waals surface area contributed by atoms with Gasteiger partial charge in [0.2, 0.25) is 5.69 Å². The van der Waals surface area contributed by atoms with Crippen molar-refractivity contribution in [2.45, 2.75) is 73.8 Å². The number of aromatic nitrogens is 3. The third-order valence-corrected chi connectivity index (χ3v) is 10.9. The van der Waals surface area contributed by atoms with Gasteiger partial charge in [-0.2, -0.15) is 4.57 Å². The Morgan fingerprint density at radius 3 is 1.30 bits per heavy atom. The van der Waals surface area contributed by atoms with Crippen LogP contribution in [0.2, 0.25) is 0 Å². The Morgan fingerprint density at radius 1 is 0.460 bits per heavy atom. The van der Waals surface area contributed by atoms with Crippen LogP contribution in [-0.2, 0) is 38.4 Å². The number of hydrogen-bond acceptors (Lipinski definition) is 5. The van der Waals surface area contributed by atoms with E-state index in [1.165, 1.54) is 22.5 Å². The van der Waals surface area contributed by atoms with Gasteiger partial charge in [-0.3, -0.25) is 0 Å². The Labute approximate surface area is 388 Å². The number of pyridine rings is 3. The number of fused-ring (bicyclic) bond motifs is 3. The summed E-state index contributed by atoms with van der Waals surface area (Å²) in [4.78, 5) is 12.2. The van der Waals surface area contributed by atoms with Gasteiger partial charge in [0.1, 0.15) is 11.5 Å². The molecule has 2 N–H and O–H groups in total. The number of benzene rings is 5. The van der Waals surface area contributed by atoms with Crippen molar-refractivity contribution in [3.63, 3.8) is 0 Å². The van der Waals surface area contributed by atoms with Crippen LogP contribution in [0.25, 0.3) is 45.2 Å². The molecule has 63 heavy (non-hydrogen) atoms. The molecule has 0 unspecified atom stereocenters. The van der Waals surface area contributed by atoms with Gasteiger partial charge in [-0.15, -0.1) is 0 Å². The number of phenolic OH excluding ortho intramolecular Hbond substituents is 2. The van der Waals surface area contributed by atoms with Gasteiger partial charge in [0.15, 0.2) is 12.7 Å². The predicted molar refractivity (Wildman–Crippen MR) is 258 cm³/mol. The molecule has 0 atom stereocenters. The van der Waals surface area contributed by atoms with Crippen molar-refractivity contribution in [2.24, 2.45) is 0 Å². The van der Waals surface area contributed by atoms with Crippen molar-refractivity contribution >= 4 is 17.1 Å². The molecule has 0 radical (unpaired) electrons. The fraction of sp³-hybridized carbons (Fsp3) is 0.196. The summed E-state index contributed by atoms with van der Waals surface area (Å²) in [7, 11) is 0. The van der Waals surface area contributed by atoms with E-state index < -0.39 is 0 Å². The second kappa shape index (κ2) is 19.8. The molecule has 0 fully saturated rings. The van der Waals surface area contributed by atoms with Crippen molar-refractivity contribution in [2.75, 3.05) is 4.90 Å². The van der Waals surface area contributed by atoms with Gasteiger partial charge in [-0.25, -0.2) is 9.97 Å². The van der Waals surface area contributed by atoms with Crippen LogP contribution < -0.4 is 9.47 Å². The van der Waals surface area contributed by atoms with E-state index >= 15 is 0 Å². The van der Waals surface area contributed by atoms with E-state index in [1.807, 2.05) is 36.4 Å². The molecule has 1 aliphatic rings. The average Bonchev–Trinajstić information content (AvgIpc) is 3.62. The summed E-state index contributed by atoms with van der Waals surface area (Å²) in [6.45, 7) is 13.9. The van der Waals surface area contributed by atoms with Crippen LogP contribution in [0.3, 0.4) is 0 Å². The minimum Gasteiger partial charge on any atom is -0.507 e. The number of para-hydroxylation sites is 4. The van der Waals surface area contributed by atoms with Crippen LogP contribution in [0, 0.1) is 0 Å². The smallest absolute Gasteiger partial charge is 0.215 e. The standard InChI is InChI=1S/C30H32N2O2.C24H19N2.2CH4.Pt/c1-29(2,3)19-15-23(21-11-7-9-13-27(21)33)31-25(17-19)26-18-20(30(4,5)6)16-24(32-26)22-12-8-10-14-28(22)34;1-3-10-20(11-4-1)26(21-12-5-2-6-13-21)22-15-16-25-18-19-9-7-8-14-23(19)24(25)17-22;;;/h7-18,33-34H,1-6H3;1-17H,18H2;2*1H4;/q;+1;;;. The maximum absolute atomic E-state index is 10.5. The molecule has 0 bridgehead atoms. The topological polar surface area (TPSA) is 73.4 Å². The van der Waals surface area contributed by atoms with Crippen LogP contribution in [0.1, 0.15) is 73.1 Å². The van der Waals surface area contributed by atoms with Gasteiger partial charge in [0.25, 0.3) is 0 Å². The maximum atomic E-state index is 10.5. The van der Waals surface area contributed by atoms with E-state index in [-0.39, 0.29) is 58.2 Å². The number of rotatable bonds is 6. The monoisotopic (exact) mass is 1010 g/mol. The van der Waals surface area contributed by atoms with E-state index in [0.29, 0.717) is 22.5 Å². The number of anilines is 3. The number of aromatic hydroxyl groups is 2. The molecule has 3 aromatic heterocycles. The molecule has 0 aliphatic carbocycles. The molecule has 5 aromatic carbocycles. The van der Waals surface area contributed by atoms with Crippen molar-refractivity contribution in [1.29, 1.82) is 0 Å². The fourth-order valence-electron chi connectivity index (χ4n) is 7.57. The molecule has 324 valence electrons. The van der Waals surface area contributed by atoms with Crippen molar-refractivity contribution in [1.82, 2.24) is 9.97 Å². The molecule has 4 heterocycles. The molecule has 1 aliphatic heterocycles. The molecule has 8 aromatic rings. The Hall–Kier alpha value is -6.36. The van der Waals surface area contributed by atoms with E-state index in [0.717, 1.165) is 40.4 Å². The normalized spacial score (nSPS) is 11.3. The zero-order valence-electron chi connectivity index (χ0n) is 35.4. The van der Waals surface area contributed by atoms with Crippen LogP contribution in [0.15, 0.2) is 176 Å². The second-order valence-electron chi connectivity index (χ2n) is 17.3. The van der Waals surface area contributed by atoms with Crippen LogP contribution in [0.5, 0.6) is 11.5 Å². The van der Waals surface area contributed by atoms with E-state index in [1.54, 1.807) is 24.3 Å². The van der Waals surface area contributed by atoms with Crippen molar-refractivity contribution < 1.29 is 35.8 Å². The average molecular weight is 1020 g/mol. The first-order valence-electron chi connectivity index (χ1n) is 20.5. The zero-order valence-corrected chi connectivity index (χ0v) is 37.7. The first kappa shape index (κ1) is 47.7. The van der Waals surface area contributed by atoms with Gasteiger partial charge in [-0.05, 0) is 101 Å². The maximum Gasteiger partial charge on any atom is 0.215 e. The quantitative estimate of drug-likeness (QED) is 0.162. The number of nitrogens with zero attached hydrogens (tertiary/aromatic N) is 4. The summed E-state index contributed by atoms with van der Waals surface area (Å²) in [5, 5.41) is 21.0. The minimum absolute atomic E-state index is 0. The molecule has 6 nitrogen and oxygen atoms in total. The SMILES string of the molecule is C.C.CC(C)(C)c1cc(-c2cc(C(C)(C)C)cc(-c3ccccc3O)n2)nc(-c2ccccc2O)c1.[Pt].c1ccc(N(c2ccccc2)c2cc[n+]3c(c2)-c2ccccc2C3)cc1. The molecule has 0 spiro atoms. The predicted octanol–water partition coefficient (Wildman–Crippen LogP) is 14.2. The zero-order chi connectivity index (χ0) is 42.0. The third-order valence-electron chi connectivity index (χ3n) is 10.9. The molecule has 0 amide bonds. The summed E-state index contributed by atoms with van der Waals surface area (Å²) >= 11 is 0. The summed E-state index contributed by atoms with van der Waals surface area (Å²) in [5.41, 5.74) is 13.7. The Morgan fingerprint density at radius 2 is 0.857 bits per heavy atom.